The van der Waals surface area contributed by atoms with Crippen molar-refractivity contribution in [2.45, 2.75) is 20.8 Å². The van der Waals surface area contributed by atoms with Crippen molar-refractivity contribution < 1.29 is 28.5 Å². The zero-order valence-corrected chi connectivity index (χ0v) is 14.5. The first-order valence-corrected chi connectivity index (χ1v) is 7.34. The van der Waals surface area contributed by atoms with Crippen LogP contribution >= 0.6 is 0 Å². The molecule has 0 bridgehead atoms. The number of rotatable bonds is 7. The molecule has 24 heavy (non-hydrogen) atoms. The van der Waals surface area contributed by atoms with Crippen LogP contribution in [0.15, 0.2) is 29.9 Å². The van der Waals surface area contributed by atoms with Crippen LogP contribution in [0.5, 0.6) is 17.2 Å². The lowest BCUT2D eigenvalue weighted by Crippen LogP contribution is -2.10. The maximum atomic E-state index is 12.0. The highest BCUT2D eigenvalue weighted by Gasteiger charge is 2.17. The Labute approximate surface area is 141 Å². The lowest BCUT2D eigenvalue weighted by molar-refractivity contribution is -0.139. The Hall–Kier alpha value is -2.76. The predicted octanol–water partition coefficient (Wildman–Crippen LogP) is 3.15. The molecule has 130 valence electrons. The minimum atomic E-state index is -0.479. The maximum absolute atomic E-state index is 12.0. The van der Waals surface area contributed by atoms with Crippen LogP contribution in [0.1, 0.15) is 26.3 Å². The van der Waals surface area contributed by atoms with E-state index < -0.39 is 5.97 Å². The molecule has 1 aromatic rings. The summed E-state index contributed by atoms with van der Waals surface area (Å²) in [6.45, 7) is 4.92. The Morgan fingerprint density at radius 3 is 2.12 bits per heavy atom. The molecule has 0 radical (unpaired) electrons. The van der Waals surface area contributed by atoms with E-state index in [9.17, 15) is 9.59 Å². The smallest absolute Gasteiger partial charge is 0.339 e. The molecule has 0 aromatic heterocycles. The van der Waals surface area contributed by atoms with E-state index >= 15 is 0 Å². The third-order valence-electron chi connectivity index (χ3n) is 3.13. The van der Waals surface area contributed by atoms with Gasteiger partial charge in [0.25, 0.3) is 0 Å². The fourth-order valence-electron chi connectivity index (χ4n) is 1.74. The molecule has 0 unspecified atom stereocenters. The molecule has 0 fully saturated rings. The average molecular weight is 334 g/mol. The number of methoxy groups -OCH3 is 2. The van der Waals surface area contributed by atoms with Gasteiger partial charge in [0.1, 0.15) is 6.61 Å². The average Bonchev–Trinajstić information content (AvgIpc) is 2.58. The van der Waals surface area contributed by atoms with Crippen LogP contribution in [0.2, 0.25) is 0 Å². The van der Waals surface area contributed by atoms with E-state index in [1.54, 1.807) is 44.2 Å². The molecular formula is C18H22O6. The Morgan fingerprint density at radius 1 is 1.08 bits per heavy atom. The summed E-state index contributed by atoms with van der Waals surface area (Å²) in [6.07, 6.45) is 5.09. The molecule has 1 rings (SSSR count). The van der Waals surface area contributed by atoms with Crippen LogP contribution in [0.4, 0.5) is 0 Å². The standard InChI is InChI=1S/C18H22O6/c1-6-12(2)18(20)24-17-15(21-4)10-14(11-16(17)22-5)8-7-9-23-13(3)19/h6-8,10-11H,9H2,1-5H3/b8-7+,12-6-. The molecule has 0 N–H and O–H groups in total. The van der Waals surface area contributed by atoms with Crippen molar-refractivity contribution in [2.75, 3.05) is 20.8 Å². The second-order valence-corrected chi connectivity index (χ2v) is 4.82. The first kappa shape index (κ1) is 19.3. The van der Waals surface area contributed by atoms with Gasteiger partial charge in [-0.15, -0.1) is 0 Å². The molecule has 0 aliphatic heterocycles. The minimum Gasteiger partial charge on any atom is -0.493 e. The summed E-state index contributed by atoms with van der Waals surface area (Å²) >= 11 is 0. The molecule has 6 heteroatoms. The molecule has 0 aliphatic rings. The summed E-state index contributed by atoms with van der Waals surface area (Å²) in [5, 5.41) is 0. The van der Waals surface area contributed by atoms with Crippen LogP contribution < -0.4 is 14.2 Å². The number of ether oxygens (including phenoxy) is 4. The second kappa shape index (κ2) is 9.39. The van der Waals surface area contributed by atoms with Gasteiger partial charge in [0.2, 0.25) is 5.75 Å². The van der Waals surface area contributed by atoms with Crippen LogP contribution in [0.25, 0.3) is 6.08 Å². The van der Waals surface area contributed by atoms with Crippen molar-refractivity contribution in [3.63, 3.8) is 0 Å². The van der Waals surface area contributed by atoms with Gasteiger partial charge in [0, 0.05) is 12.5 Å². The number of benzene rings is 1. The summed E-state index contributed by atoms with van der Waals surface area (Å²) in [4.78, 5) is 22.7. The maximum Gasteiger partial charge on any atom is 0.339 e. The Morgan fingerprint density at radius 2 is 1.67 bits per heavy atom. The van der Waals surface area contributed by atoms with Gasteiger partial charge < -0.3 is 18.9 Å². The van der Waals surface area contributed by atoms with E-state index in [4.69, 9.17) is 18.9 Å². The van der Waals surface area contributed by atoms with E-state index in [1.807, 2.05) is 0 Å². The van der Waals surface area contributed by atoms with Gasteiger partial charge in [-0.2, -0.15) is 0 Å². The minimum absolute atomic E-state index is 0.164. The van der Waals surface area contributed by atoms with Crippen molar-refractivity contribution in [3.05, 3.63) is 35.4 Å². The topological polar surface area (TPSA) is 71.1 Å². The van der Waals surface area contributed by atoms with Crippen LogP contribution in [0.3, 0.4) is 0 Å². The van der Waals surface area contributed by atoms with Crippen molar-refractivity contribution in [3.8, 4) is 17.2 Å². The molecule has 1 aromatic carbocycles. The molecule has 0 amide bonds. The molecule has 0 aliphatic carbocycles. The van der Waals surface area contributed by atoms with E-state index in [0.717, 1.165) is 5.56 Å². The molecular weight excluding hydrogens is 312 g/mol. The van der Waals surface area contributed by atoms with Crippen molar-refractivity contribution in [1.29, 1.82) is 0 Å². The number of carbonyl (C=O) groups is 2. The second-order valence-electron chi connectivity index (χ2n) is 4.82. The molecule has 0 atom stereocenters. The predicted molar refractivity (Wildman–Crippen MR) is 90.3 cm³/mol. The van der Waals surface area contributed by atoms with Gasteiger partial charge in [0.15, 0.2) is 11.5 Å². The third kappa shape index (κ3) is 5.46. The third-order valence-corrected chi connectivity index (χ3v) is 3.13. The summed E-state index contributed by atoms with van der Waals surface area (Å²) in [7, 11) is 2.95. The highest BCUT2D eigenvalue weighted by molar-refractivity contribution is 5.90. The van der Waals surface area contributed by atoms with E-state index in [2.05, 4.69) is 0 Å². The summed E-state index contributed by atoms with van der Waals surface area (Å²) in [5.74, 6) is 0.101. The quantitative estimate of drug-likeness (QED) is 0.433. The van der Waals surface area contributed by atoms with Crippen LogP contribution in [0, 0.1) is 0 Å². The summed E-state index contributed by atoms with van der Waals surface area (Å²) < 4.78 is 20.8. The molecule has 0 saturated carbocycles. The number of hydrogen-bond donors (Lipinski definition) is 0. The Bertz CT molecular complexity index is 632. The van der Waals surface area contributed by atoms with E-state index in [1.165, 1.54) is 21.1 Å². The first-order valence-electron chi connectivity index (χ1n) is 7.34. The lowest BCUT2D eigenvalue weighted by atomic mass is 10.1. The fraction of sp³-hybridized carbons (Fsp3) is 0.333. The number of allylic oxidation sites excluding steroid dienone is 1. The number of hydrogen-bond acceptors (Lipinski definition) is 6. The zero-order valence-electron chi connectivity index (χ0n) is 14.5. The van der Waals surface area contributed by atoms with Gasteiger partial charge in [-0.25, -0.2) is 4.79 Å². The van der Waals surface area contributed by atoms with Crippen molar-refractivity contribution in [2.24, 2.45) is 0 Å². The Kier molecular flexibility index (Phi) is 7.55. The monoisotopic (exact) mass is 334 g/mol. The molecule has 0 saturated heterocycles. The Balaban J connectivity index is 3.09. The van der Waals surface area contributed by atoms with Gasteiger partial charge >= 0.3 is 11.9 Å². The highest BCUT2D eigenvalue weighted by Crippen LogP contribution is 2.39. The highest BCUT2D eigenvalue weighted by atomic mass is 16.6. The van der Waals surface area contributed by atoms with Crippen LogP contribution in [-0.2, 0) is 14.3 Å². The SMILES string of the molecule is C/C=C(/C)C(=O)Oc1c(OC)cc(/C=C/COC(C)=O)cc1OC. The zero-order chi connectivity index (χ0) is 18.1. The lowest BCUT2D eigenvalue weighted by Gasteiger charge is -2.14. The van der Waals surface area contributed by atoms with Gasteiger partial charge in [-0.05, 0) is 37.6 Å². The van der Waals surface area contributed by atoms with Crippen LogP contribution in [-0.4, -0.2) is 32.8 Å². The van der Waals surface area contributed by atoms with Crippen molar-refractivity contribution >= 4 is 18.0 Å². The van der Waals surface area contributed by atoms with Gasteiger partial charge in [-0.3, -0.25) is 4.79 Å². The number of esters is 2. The van der Waals surface area contributed by atoms with Gasteiger partial charge in [0.05, 0.1) is 14.2 Å². The molecule has 6 nitrogen and oxygen atoms in total. The number of carbonyl (C=O) groups excluding carboxylic acids is 2. The summed E-state index contributed by atoms with van der Waals surface area (Å²) in [5.41, 5.74) is 1.22. The molecule has 0 heterocycles. The summed E-state index contributed by atoms with van der Waals surface area (Å²) in [6, 6.07) is 3.39. The van der Waals surface area contributed by atoms with Crippen molar-refractivity contribution in [1.82, 2.24) is 0 Å². The fourth-order valence-corrected chi connectivity index (χ4v) is 1.74. The van der Waals surface area contributed by atoms with E-state index in [0.29, 0.717) is 17.1 Å². The largest absolute Gasteiger partial charge is 0.493 e. The van der Waals surface area contributed by atoms with E-state index in [-0.39, 0.29) is 18.3 Å². The first-order chi connectivity index (χ1) is 11.4. The normalized spacial score (nSPS) is 11.3. The van der Waals surface area contributed by atoms with Gasteiger partial charge in [-0.1, -0.05) is 12.2 Å². The molecule has 0 spiro atoms.